The summed E-state index contributed by atoms with van der Waals surface area (Å²) in [5, 5.41) is 3.57. The summed E-state index contributed by atoms with van der Waals surface area (Å²) >= 11 is 0. The fraction of sp³-hybridized carbons (Fsp3) is 0.419. The van der Waals surface area contributed by atoms with Gasteiger partial charge in [-0.2, -0.15) is 0 Å². The Morgan fingerprint density at radius 1 is 0.943 bits per heavy atom. The topological polar surface area (TPSA) is 39.7 Å². The first-order valence-electron chi connectivity index (χ1n) is 12.8. The van der Waals surface area contributed by atoms with E-state index in [0.29, 0.717) is 13.2 Å². The molecule has 1 N–H and O–H groups in total. The number of ether oxygens (including phenoxy) is 3. The molecular weight excluding hydrogens is 434 g/mol. The average molecular weight is 474 g/mol. The van der Waals surface area contributed by atoms with E-state index in [-0.39, 0.29) is 12.2 Å². The maximum Gasteiger partial charge on any atom is 0.132 e. The minimum Gasteiger partial charge on any atom is -0.485 e. The predicted molar refractivity (Wildman–Crippen MR) is 143 cm³/mol. The van der Waals surface area contributed by atoms with Crippen LogP contribution in [0.1, 0.15) is 67.5 Å². The van der Waals surface area contributed by atoms with E-state index in [4.69, 9.17) is 14.2 Å². The average Bonchev–Trinajstić information content (AvgIpc) is 2.84. The van der Waals surface area contributed by atoms with Crippen molar-refractivity contribution in [1.29, 1.82) is 0 Å². The largest absolute Gasteiger partial charge is 0.485 e. The third-order valence-electron chi connectivity index (χ3n) is 6.74. The van der Waals surface area contributed by atoms with Gasteiger partial charge in [-0.15, -0.1) is 0 Å². The van der Waals surface area contributed by atoms with Crippen LogP contribution in [0.4, 0.5) is 5.69 Å². The van der Waals surface area contributed by atoms with E-state index in [1.54, 1.807) is 0 Å². The van der Waals surface area contributed by atoms with Crippen molar-refractivity contribution in [2.45, 2.75) is 78.4 Å². The van der Waals surface area contributed by atoms with Gasteiger partial charge in [0.15, 0.2) is 0 Å². The van der Waals surface area contributed by atoms with Crippen molar-refractivity contribution < 1.29 is 14.2 Å². The van der Waals surface area contributed by atoms with Crippen LogP contribution in [0.3, 0.4) is 0 Å². The summed E-state index contributed by atoms with van der Waals surface area (Å²) in [6, 6.07) is 23.3. The summed E-state index contributed by atoms with van der Waals surface area (Å²) in [6.45, 7) is 12.6. The zero-order valence-electron chi connectivity index (χ0n) is 21.8. The van der Waals surface area contributed by atoms with Crippen LogP contribution in [0.25, 0.3) is 0 Å². The monoisotopic (exact) mass is 473 g/mol. The SMILES string of the molecule is CCCCOC1c2cc(NCc3ccc(C)cc3)ccc2OC(C)(C)C1OCc1ccccc1C. The fourth-order valence-electron chi connectivity index (χ4n) is 4.52. The Hall–Kier alpha value is -2.82. The Kier molecular flexibility index (Phi) is 8.15. The van der Waals surface area contributed by atoms with Gasteiger partial charge in [0.25, 0.3) is 0 Å². The lowest BCUT2D eigenvalue weighted by Crippen LogP contribution is -2.51. The minimum absolute atomic E-state index is 0.203. The van der Waals surface area contributed by atoms with Crippen molar-refractivity contribution in [3.05, 3.63) is 94.5 Å². The Bertz CT molecular complexity index is 1110. The molecule has 1 aliphatic heterocycles. The van der Waals surface area contributed by atoms with Gasteiger partial charge in [-0.1, -0.05) is 67.4 Å². The molecule has 0 radical (unpaired) electrons. The Morgan fingerprint density at radius 2 is 1.71 bits per heavy atom. The van der Waals surface area contributed by atoms with E-state index in [2.05, 4.69) is 107 Å². The first kappa shape index (κ1) is 25.3. The summed E-state index contributed by atoms with van der Waals surface area (Å²) in [6.07, 6.45) is 1.67. The van der Waals surface area contributed by atoms with Crippen LogP contribution in [0, 0.1) is 13.8 Å². The molecule has 3 aromatic rings. The normalized spacial score (nSPS) is 18.5. The van der Waals surface area contributed by atoms with Gasteiger partial charge in [-0.25, -0.2) is 0 Å². The van der Waals surface area contributed by atoms with Gasteiger partial charge in [-0.05, 0) is 69.0 Å². The van der Waals surface area contributed by atoms with Crippen LogP contribution in [0.15, 0.2) is 66.7 Å². The van der Waals surface area contributed by atoms with Crippen molar-refractivity contribution in [1.82, 2.24) is 0 Å². The number of hydrogen-bond acceptors (Lipinski definition) is 4. The van der Waals surface area contributed by atoms with Gasteiger partial charge in [0, 0.05) is 24.4 Å². The number of hydrogen-bond donors (Lipinski definition) is 1. The number of unbranched alkanes of at least 4 members (excludes halogenated alkanes) is 1. The fourth-order valence-corrected chi connectivity index (χ4v) is 4.52. The number of anilines is 1. The molecule has 3 aromatic carbocycles. The molecule has 4 heteroatoms. The third-order valence-corrected chi connectivity index (χ3v) is 6.74. The van der Waals surface area contributed by atoms with Crippen molar-refractivity contribution in [3.8, 4) is 5.75 Å². The molecule has 0 aromatic heterocycles. The molecule has 0 saturated carbocycles. The van der Waals surface area contributed by atoms with Gasteiger partial charge in [0.2, 0.25) is 0 Å². The lowest BCUT2D eigenvalue weighted by atomic mass is 9.87. The van der Waals surface area contributed by atoms with Gasteiger partial charge in [-0.3, -0.25) is 0 Å². The first-order valence-corrected chi connectivity index (χ1v) is 12.8. The van der Waals surface area contributed by atoms with Crippen LogP contribution in [0.2, 0.25) is 0 Å². The van der Waals surface area contributed by atoms with Crippen molar-refractivity contribution in [3.63, 3.8) is 0 Å². The van der Waals surface area contributed by atoms with E-state index >= 15 is 0 Å². The number of rotatable bonds is 10. The molecule has 2 atom stereocenters. The summed E-state index contributed by atoms with van der Waals surface area (Å²) in [5.74, 6) is 0.869. The summed E-state index contributed by atoms with van der Waals surface area (Å²) in [7, 11) is 0. The minimum atomic E-state index is -0.524. The van der Waals surface area contributed by atoms with E-state index < -0.39 is 5.60 Å². The smallest absolute Gasteiger partial charge is 0.132 e. The van der Waals surface area contributed by atoms with E-state index in [1.165, 1.54) is 22.3 Å². The molecule has 0 fully saturated rings. The van der Waals surface area contributed by atoms with E-state index in [9.17, 15) is 0 Å². The number of aryl methyl sites for hydroxylation is 2. The maximum atomic E-state index is 6.58. The molecule has 186 valence electrons. The molecule has 0 bridgehead atoms. The summed E-state index contributed by atoms with van der Waals surface area (Å²) in [4.78, 5) is 0. The van der Waals surface area contributed by atoms with Gasteiger partial charge in [0.1, 0.15) is 23.6 Å². The highest BCUT2D eigenvalue weighted by atomic mass is 16.6. The second-order valence-corrected chi connectivity index (χ2v) is 10.1. The highest BCUT2D eigenvalue weighted by molar-refractivity contribution is 5.54. The molecule has 4 rings (SSSR count). The van der Waals surface area contributed by atoms with E-state index in [0.717, 1.165) is 36.4 Å². The van der Waals surface area contributed by atoms with E-state index in [1.807, 2.05) is 0 Å². The second kappa shape index (κ2) is 11.3. The van der Waals surface area contributed by atoms with Gasteiger partial charge < -0.3 is 19.5 Å². The van der Waals surface area contributed by atoms with Gasteiger partial charge in [0.05, 0.1) is 6.61 Å². The molecule has 0 spiro atoms. The lowest BCUT2D eigenvalue weighted by molar-refractivity contribution is -0.167. The third kappa shape index (κ3) is 6.25. The van der Waals surface area contributed by atoms with Crippen LogP contribution in [-0.2, 0) is 22.6 Å². The van der Waals surface area contributed by atoms with Crippen molar-refractivity contribution >= 4 is 5.69 Å². The molecule has 1 heterocycles. The Balaban J connectivity index is 1.58. The molecule has 4 nitrogen and oxygen atoms in total. The molecule has 0 saturated heterocycles. The molecule has 0 amide bonds. The van der Waals surface area contributed by atoms with Crippen LogP contribution < -0.4 is 10.1 Å². The highest BCUT2D eigenvalue weighted by Gasteiger charge is 2.45. The number of nitrogens with one attached hydrogen (secondary N) is 1. The molecule has 35 heavy (non-hydrogen) atoms. The maximum absolute atomic E-state index is 6.58. The lowest BCUT2D eigenvalue weighted by Gasteiger charge is -2.44. The zero-order valence-corrected chi connectivity index (χ0v) is 21.8. The van der Waals surface area contributed by atoms with Crippen molar-refractivity contribution in [2.24, 2.45) is 0 Å². The Labute approximate surface area is 210 Å². The predicted octanol–water partition coefficient (Wildman–Crippen LogP) is 7.53. The molecule has 0 aliphatic carbocycles. The van der Waals surface area contributed by atoms with Crippen molar-refractivity contribution in [2.75, 3.05) is 11.9 Å². The highest BCUT2D eigenvalue weighted by Crippen LogP contribution is 2.44. The standard InChI is InChI=1S/C31H39NO3/c1-6-7-18-33-29-27-19-26(32-20-24-14-12-22(2)13-15-24)16-17-28(27)35-31(4,5)30(29)34-21-25-11-9-8-10-23(25)3/h8-17,19,29-30,32H,6-7,18,20-21H2,1-5H3. The van der Waals surface area contributed by atoms with Crippen LogP contribution in [0.5, 0.6) is 5.75 Å². The van der Waals surface area contributed by atoms with Crippen LogP contribution >= 0.6 is 0 Å². The number of fused-ring (bicyclic) bond motifs is 1. The Morgan fingerprint density at radius 3 is 2.46 bits per heavy atom. The first-order chi connectivity index (χ1) is 16.9. The molecule has 1 aliphatic rings. The molecular formula is C31H39NO3. The second-order valence-electron chi connectivity index (χ2n) is 10.1. The summed E-state index contributed by atoms with van der Waals surface area (Å²) in [5.41, 5.74) is 6.51. The molecule has 2 unspecified atom stereocenters. The van der Waals surface area contributed by atoms with Gasteiger partial charge >= 0.3 is 0 Å². The number of benzene rings is 3. The quantitative estimate of drug-likeness (QED) is 0.309. The van der Waals surface area contributed by atoms with Crippen LogP contribution in [-0.4, -0.2) is 18.3 Å². The summed E-state index contributed by atoms with van der Waals surface area (Å²) < 4.78 is 19.6. The zero-order chi connectivity index (χ0) is 24.8.